The molecule has 36 heavy (non-hydrogen) atoms. The average Bonchev–Trinajstić information content (AvgIpc) is 3.53. The highest BCUT2D eigenvalue weighted by Gasteiger charge is 2.34. The van der Waals surface area contributed by atoms with E-state index in [1.807, 2.05) is 24.3 Å². The molecule has 5 nitrogen and oxygen atoms in total. The Kier molecular flexibility index (Phi) is 6.50. The lowest BCUT2D eigenvalue weighted by Crippen LogP contribution is -2.29. The predicted molar refractivity (Wildman–Crippen MR) is 138 cm³/mol. The van der Waals surface area contributed by atoms with E-state index >= 15 is 0 Å². The standard InChI is InChI=1S/C25H15ClF3N3O2S2/c1-2-11-32-22(33)21(36-24(32)31-23-30-18-5-3-4-6-20(18)35-23)13-15-8-10-19(34-15)16-12-14(25(27,28)29)7-9-17(16)26/h2-10,12-13H,1,11H2/b21-13-,31-24+. The van der Waals surface area contributed by atoms with E-state index in [0.29, 0.717) is 15.2 Å². The van der Waals surface area contributed by atoms with Gasteiger partial charge in [-0.3, -0.25) is 9.69 Å². The predicted octanol–water partition coefficient (Wildman–Crippen LogP) is 8.02. The molecule has 4 aromatic rings. The molecule has 5 rings (SSSR count). The molecule has 11 heteroatoms. The van der Waals surface area contributed by atoms with Gasteiger partial charge in [0, 0.05) is 18.2 Å². The zero-order chi connectivity index (χ0) is 25.4. The van der Waals surface area contributed by atoms with E-state index in [2.05, 4.69) is 16.6 Å². The number of amides is 1. The minimum atomic E-state index is -4.52. The molecule has 2 aromatic heterocycles. The lowest BCUT2D eigenvalue weighted by Gasteiger charge is -2.11. The third-order valence-corrected chi connectivity index (χ3v) is 7.40. The van der Waals surface area contributed by atoms with E-state index in [1.165, 1.54) is 34.4 Å². The number of aromatic nitrogens is 1. The first-order valence-electron chi connectivity index (χ1n) is 10.5. The van der Waals surface area contributed by atoms with E-state index in [0.717, 1.165) is 34.1 Å². The molecule has 0 atom stereocenters. The molecule has 182 valence electrons. The Labute approximate surface area is 216 Å². The Morgan fingerprint density at radius 1 is 1.17 bits per heavy atom. The summed E-state index contributed by atoms with van der Waals surface area (Å²) in [6, 6.07) is 13.7. The molecule has 1 amide bonds. The summed E-state index contributed by atoms with van der Waals surface area (Å²) in [6.07, 6.45) is -1.40. The number of hydrogen-bond donors (Lipinski definition) is 0. The zero-order valence-electron chi connectivity index (χ0n) is 18.3. The Balaban J connectivity index is 1.46. The number of fused-ring (bicyclic) bond motifs is 1. The second-order valence-corrected chi connectivity index (χ2v) is 9.99. The van der Waals surface area contributed by atoms with Crippen LogP contribution in [0.4, 0.5) is 18.3 Å². The highest BCUT2D eigenvalue weighted by molar-refractivity contribution is 8.18. The Morgan fingerprint density at radius 3 is 2.72 bits per heavy atom. The first kappa shape index (κ1) is 24.4. The summed E-state index contributed by atoms with van der Waals surface area (Å²) in [4.78, 5) is 24.0. The van der Waals surface area contributed by atoms with Crippen molar-refractivity contribution in [2.24, 2.45) is 4.99 Å². The number of carbonyl (C=O) groups excluding carboxylic acids is 1. The number of alkyl halides is 3. The normalized spacial score (nSPS) is 16.6. The highest BCUT2D eigenvalue weighted by Crippen LogP contribution is 2.39. The molecule has 3 heterocycles. The lowest BCUT2D eigenvalue weighted by atomic mass is 10.1. The van der Waals surface area contributed by atoms with Crippen molar-refractivity contribution in [3.8, 4) is 11.3 Å². The average molecular weight is 546 g/mol. The number of thiazole rings is 1. The van der Waals surface area contributed by atoms with Crippen molar-refractivity contribution in [3.63, 3.8) is 0 Å². The maximum atomic E-state index is 13.1. The number of aliphatic imine (C=N–C) groups is 1. The summed E-state index contributed by atoms with van der Waals surface area (Å²) in [5.74, 6) is 0.142. The summed E-state index contributed by atoms with van der Waals surface area (Å²) in [6.45, 7) is 3.96. The molecule has 0 saturated carbocycles. The van der Waals surface area contributed by atoms with E-state index in [1.54, 1.807) is 12.1 Å². The molecule has 1 fully saturated rings. The molecule has 0 unspecified atom stereocenters. The molecular weight excluding hydrogens is 531 g/mol. The second kappa shape index (κ2) is 9.61. The van der Waals surface area contributed by atoms with Gasteiger partial charge in [-0.25, -0.2) is 4.98 Å². The molecule has 0 N–H and O–H groups in total. The summed E-state index contributed by atoms with van der Waals surface area (Å²) in [7, 11) is 0. The van der Waals surface area contributed by atoms with Crippen LogP contribution in [0.25, 0.3) is 27.6 Å². The van der Waals surface area contributed by atoms with E-state index < -0.39 is 11.7 Å². The Hall–Kier alpha value is -3.34. The number of halogens is 4. The third kappa shape index (κ3) is 4.84. The van der Waals surface area contributed by atoms with Crippen LogP contribution in [0.5, 0.6) is 0 Å². The van der Waals surface area contributed by atoms with E-state index in [9.17, 15) is 18.0 Å². The van der Waals surface area contributed by atoms with Gasteiger partial charge < -0.3 is 4.42 Å². The smallest absolute Gasteiger partial charge is 0.416 e. The fraction of sp³-hybridized carbons (Fsp3) is 0.0800. The number of furan rings is 1. The maximum Gasteiger partial charge on any atom is 0.416 e. The van der Waals surface area contributed by atoms with E-state index in [4.69, 9.17) is 16.0 Å². The topological polar surface area (TPSA) is 58.7 Å². The van der Waals surface area contributed by atoms with Crippen LogP contribution in [0.1, 0.15) is 11.3 Å². The minimum Gasteiger partial charge on any atom is -0.457 e. The Morgan fingerprint density at radius 2 is 1.97 bits per heavy atom. The van der Waals surface area contributed by atoms with Crippen LogP contribution < -0.4 is 0 Å². The van der Waals surface area contributed by atoms with Crippen molar-refractivity contribution in [3.05, 3.63) is 88.5 Å². The summed E-state index contributed by atoms with van der Waals surface area (Å²) < 4.78 is 46.1. The first-order valence-corrected chi connectivity index (χ1v) is 12.5. The van der Waals surface area contributed by atoms with Crippen molar-refractivity contribution in [1.29, 1.82) is 0 Å². The van der Waals surface area contributed by atoms with Gasteiger partial charge in [-0.1, -0.05) is 41.1 Å². The van der Waals surface area contributed by atoms with Gasteiger partial charge in [-0.15, -0.1) is 6.58 Å². The van der Waals surface area contributed by atoms with Crippen LogP contribution in [-0.2, 0) is 11.0 Å². The maximum absolute atomic E-state index is 13.1. The van der Waals surface area contributed by atoms with Crippen LogP contribution in [0.15, 0.2) is 81.6 Å². The zero-order valence-corrected chi connectivity index (χ0v) is 20.6. The van der Waals surface area contributed by atoms with Gasteiger partial charge in [0.2, 0.25) is 5.13 Å². The highest BCUT2D eigenvalue weighted by atomic mass is 35.5. The Bertz CT molecular complexity index is 1520. The number of thioether (sulfide) groups is 1. The van der Waals surface area contributed by atoms with E-state index in [-0.39, 0.29) is 34.6 Å². The quantitative estimate of drug-likeness (QED) is 0.188. The first-order chi connectivity index (χ1) is 17.2. The summed E-state index contributed by atoms with van der Waals surface area (Å²) in [5, 5.41) is 1.07. The lowest BCUT2D eigenvalue weighted by molar-refractivity contribution is -0.137. The number of para-hydroxylation sites is 1. The van der Waals surface area contributed by atoms with Crippen molar-refractivity contribution in [2.45, 2.75) is 6.18 Å². The fourth-order valence-electron chi connectivity index (χ4n) is 3.47. The molecule has 0 radical (unpaired) electrons. The largest absolute Gasteiger partial charge is 0.457 e. The number of benzene rings is 2. The van der Waals surface area contributed by atoms with Crippen LogP contribution >= 0.6 is 34.7 Å². The van der Waals surface area contributed by atoms with Crippen LogP contribution in [0.2, 0.25) is 5.02 Å². The van der Waals surface area contributed by atoms with Crippen molar-refractivity contribution >= 4 is 67.2 Å². The van der Waals surface area contributed by atoms with Crippen LogP contribution in [0.3, 0.4) is 0 Å². The summed E-state index contributed by atoms with van der Waals surface area (Å²) in [5.41, 5.74) is 0.0852. The fourth-order valence-corrected chi connectivity index (χ4v) is 5.54. The molecule has 0 aliphatic carbocycles. The monoisotopic (exact) mass is 545 g/mol. The second-order valence-electron chi connectivity index (χ2n) is 7.57. The molecular formula is C25H15ClF3N3O2S2. The number of nitrogens with zero attached hydrogens (tertiary/aromatic N) is 3. The molecule has 2 aromatic carbocycles. The molecule has 1 aliphatic rings. The van der Waals surface area contributed by atoms with Crippen molar-refractivity contribution < 1.29 is 22.4 Å². The number of rotatable bonds is 5. The van der Waals surface area contributed by atoms with Crippen molar-refractivity contribution in [1.82, 2.24) is 9.88 Å². The van der Waals surface area contributed by atoms with Gasteiger partial charge in [-0.05, 0) is 54.2 Å². The van der Waals surface area contributed by atoms with Gasteiger partial charge >= 0.3 is 6.18 Å². The summed E-state index contributed by atoms with van der Waals surface area (Å²) >= 11 is 8.69. The SMILES string of the molecule is C=CCN1C(=O)/C(=C/c2ccc(-c3cc(C(F)(F)F)ccc3Cl)o2)S/C1=N/c1nc2ccccc2s1. The number of amidine groups is 1. The molecule has 1 saturated heterocycles. The van der Waals surface area contributed by atoms with Crippen LogP contribution in [0, 0.1) is 0 Å². The molecule has 1 aliphatic heterocycles. The molecule has 0 bridgehead atoms. The van der Waals surface area contributed by atoms with Gasteiger partial charge in [0.15, 0.2) is 5.17 Å². The number of carbonyl (C=O) groups is 1. The number of hydrogen-bond acceptors (Lipinski definition) is 6. The van der Waals surface area contributed by atoms with Gasteiger partial charge in [-0.2, -0.15) is 18.2 Å². The third-order valence-electron chi connectivity index (χ3n) is 5.13. The van der Waals surface area contributed by atoms with Gasteiger partial charge in [0.25, 0.3) is 5.91 Å². The van der Waals surface area contributed by atoms with Gasteiger partial charge in [0.05, 0.1) is 25.7 Å². The van der Waals surface area contributed by atoms with Gasteiger partial charge in [0.1, 0.15) is 11.5 Å². The molecule has 0 spiro atoms. The minimum absolute atomic E-state index is 0.105. The van der Waals surface area contributed by atoms with Crippen LogP contribution in [-0.4, -0.2) is 27.5 Å². The van der Waals surface area contributed by atoms with Crippen molar-refractivity contribution in [2.75, 3.05) is 6.54 Å².